The molecule has 20 heavy (non-hydrogen) atoms. The van der Waals surface area contributed by atoms with Crippen molar-refractivity contribution >= 4 is 28.9 Å². The van der Waals surface area contributed by atoms with Gasteiger partial charge in [0.2, 0.25) is 0 Å². The molecule has 1 N–H and O–H groups in total. The molecule has 104 valence electrons. The van der Waals surface area contributed by atoms with Crippen molar-refractivity contribution in [2.75, 3.05) is 13.1 Å². The number of thioether (sulfide) groups is 1. The molecular formula is C15H16N2O2S. The van der Waals surface area contributed by atoms with Gasteiger partial charge in [-0.1, -0.05) is 12.1 Å². The first kappa shape index (κ1) is 13.2. The molecule has 1 fully saturated rings. The van der Waals surface area contributed by atoms with Crippen LogP contribution in [0.1, 0.15) is 24.8 Å². The van der Waals surface area contributed by atoms with E-state index < -0.39 is 0 Å². The van der Waals surface area contributed by atoms with Crippen molar-refractivity contribution in [3.8, 4) is 5.75 Å². The van der Waals surface area contributed by atoms with Gasteiger partial charge in [-0.25, -0.2) is 0 Å². The molecule has 0 saturated carbocycles. The third-order valence-corrected chi connectivity index (χ3v) is 4.45. The van der Waals surface area contributed by atoms with Crippen LogP contribution in [0.2, 0.25) is 0 Å². The Morgan fingerprint density at radius 1 is 1.25 bits per heavy atom. The van der Waals surface area contributed by atoms with Crippen LogP contribution in [0.3, 0.4) is 0 Å². The van der Waals surface area contributed by atoms with E-state index in [1.807, 2.05) is 6.07 Å². The summed E-state index contributed by atoms with van der Waals surface area (Å²) in [5.41, 5.74) is 0.816. The zero-order chi connectivity index (χ0) is 13.9. The number of amides is 1. The standard InChI is InChI=1S/C15H16N2O2S/c18-12-6-4-5-11(9-12)10-13-14(19)16-15(20-13)17-7-2-1-3-8-17/h4-6,9-10,18H,1-3,7-8H2. The maximum atomic E-state index is 12.0. The van der Waals surface area contributed by atoms with Crippen molar-refractivity contribution in [2.24, 2.45) is 4.99 Å². The lowest BCUT2D eigenvalue weighted by molar-refractivity contribution is -0.113. The first-order valence-corrected chi connectivity index (χ1v) is 7.60. The Hall–Kier alpha value is -1.75. The van der Waals surface area contributed by atoms with Gasteiger partial charge in [0.1, 0.15) is 5.75 Å². The van der Waals surface area contributed by atoms with E-state index in [0.717, 1.165) is 23.8 Å². The van der Waals surface area contributed by atoms with Gasteiger partial charge in [0.25, 0.3) is 5.91 Å². The highest BCUT2D eigenvalue weighted by molar-refractivity contribution is 8.18. The number of carbonyl (C=O) groups excluding carboxylic acids is 1. The van der Waals surface area contributed by atoms with Crippen LogP contribution in [-0.2, 0) is 4.79 Å². The zero-order valence-corrected chi connectivity index (χ0v) is 11.9. The molecule has 0 bridgehead atoms. The lowest BCUT2D eigenvalue weighted by atomic mass is 10.1. The second-order valence-electron chi connectivity index (χ2n) is 4.95. The second-order valence-corrected chi connectivity index (χ2v) is 5.96. The average Bonchev–Trinajstić information content (AvgIpc) is 2.81. The summed E-state index contributed by atoms with van der Waals surface area (Å²) in [7, 11) is 0. The number of rotatable bonds is 1. The van der Waals surface area contributed by atoms with Gasteiger partial charge < -0.3 is 10.0 Å². The van der Waals surface area contributed by atoms with E-state index in [0.29, 0.717) is 4.91 Å². The van der Waals surface area contributed by atoms with Gasteiger partial charge in [0.15, 0.2) is 5.17 Å². The van der Waals surface area contributed by atoms with Crippen LogP contribution in [0.5, 0.6) is 5.75 Å². The highest BCUT2D eigenvalue weighted by Crippen LogP contribution is 2.31. The van der Waals surface area contributed by atoms with Gasteiger partial charge in [-0.15, -0.1) is 0 Å². The number of piperidine rings is 1. The maximum Gasteiger partial charge on any atom is 0.286 e. The van der Waals surface area contributed by atoms with E-state index in [4.69, 9.17) is 0 Å². The molecule has 1 amide bonds. The van der Waals surface area contributed by atoms with E-state index in [2.05, 4.69) is 9.89 Å². The lowest BCUT2D eigenvalue weighted by Gasteiger charge is -2.27. The normalized spacial score (nSPS) is 21.4. The Morgan fingerprint density at radius 3 is 2.80 bits per heavy atom. The summed E-state index contributed by atoms with van der Waals surface area (Å²) < 4.78 is 0. The Morgan fingerprint density at radius 2 is 2.05 bits per heavy atom. The summed E-state index contributed by atoms with van der Waals surface area (Å²) in [5, 5.41) is 10.3. The number of nitrogens with zero attached hydrogens (tertiary/aromatic N) is 2. The van der Waals surface area contributed by atoms with Crippen molar-refractivity contribution in [2.45, 2.75) is 19.3 Å². The van der Waals surface area contributed by atoms with Gasteiger partial charge in [0.05, 0.1) is 4.91 Å². The Balaban J connectivity index is 1.76. The van der Waals surface area contributed by atoms with Crippen LogP contribution >= 0.6 is 11.8 Å². The SMILES string of the molecule is O=C1N=C(N2CCCCC2)SC1=Cc1cccc(O)c1. The van der Waals surface area contributed by atoms with Crippen LogP contribution < -0.4 is 0 Å². The first-order valence-electron chi connectivity index (χ1n) is 6.79. The minimum absolute atomic E-state index is 0.182. The molecule has 1 aromatic carbocycles. The molecule has 2 heterocycles. The van der Waals surface area contributed by atoms with Gasteiger partial charge in [-0.2, -0.15) is 4.99 Å². The molecule has 0 atom stereocenters. The fourth-order valence-corrected chi connectivity index (χ4v) is 3.35. The highest BCUT2D eigenvalue weighted by atomic mass is 32.2. The fraction of sp³-hybridized carbons (Fsp3) is 0.333. The molecule has 1 aromatic rings. The summed E-state index contributed by atoms with van der Waals surface area (Å²) in [4.78, 5) is 18.9. The molecule has 4 nitrogen and oxygen atoms in total. The van der Waals surface area contributed by atoms with Crippen molar-refractivity contribution in [1.29, 1.82) is 0 Å². The smallest absolute Gasteiger partial charge is 0.286 e. The maximum absolute atomic E-state index is 12.0. The van der Waals surface area contributed by atoms with Crippen LogP contribution in [-0.4, -0.2) is 34.2 Å². The third-order valence-electron chi connectivity index (χ3n) is 3.40. The second kappa shape index (κ2) is 5.71. The topological polar surface area (TPSA) is 52.9 Å². The minimum Gasteiger partial charge on any atom is -0.508 e. The van der Waals surface area contributed by atoms with Crippen LogP contribution in [0.25, 0.3) is 6.08 Å². The van der Waals surface area contributed by atoms with E-state index in [1.165, 1.54) is 31.0 Å². The number of likely N-dealkylation sites (tertiary alicyclic amines) is 1. The molecule has 5 heteroatoms. The monoisotopic (exact) mass is 288 g/mol. The molecule has 0 aromatic heterocycles. The molecule has 3 rings (SSSR count). The molecule has 0 unspecified atom stereocenters. The number of aliphatic imine (C=N–C) groups is 1. The van der Waals surface area contributed by atoms with Crippen molar-refractivity contribution < 1.29 is 9.90 Å². The van der Waals surface area contributed by atoms with E-state index in [9.17, 15) is 9.90 Å². The highest BCUT2D eigenvalue weighted by Gasteiger charge is 2.26. The Bertz CT molecular complexity index is 589. The van der Waals surface area contributed by atoms with Gasteiger partial charge in [0, 0.05) is 13.1 Å². The first-order chi connectivity index (χ1) is 9.72. The predicted octanol–water partition coefficient (Wildman–Crippen LogP) is 2.85. The van der Waals surface area contributed by atoms with Gasteiger partial charge >= 0.3 is 0 Å². The number of phenolic OH excluding ortho intramolecular Hbond substituents is 1. The number of aromatic hydroxyl groups is 1. The fourth-order valence-electron chi connectivity index (χ4n) is 2.38. The van der Waals surface area contributed by atoms with Crippen LogP contribution in [0.15, 0.2) is 34.2 Å². The molecule has 0 aliphatic carbocycles. The van der Waals surface area contributed by atoms with Gasteiger partial charge in [-0.3, -0.25) is 4.79 Å². The van der Waals surface area contributed by atoms with E-state index in [1.54, 1.807) is 24.3 Å². The number of carbonyl (C=O) groups is 1. The zero-order valence-electron chi connectivity index (χ0n) is 11.1. The van der Waals surface area contributed by atoms with E-state index >= 15 is 0 Å². The summed E-state index contributed by atoms with van der Waals surface area (Å²) in [6.45, 7) is 1.97. The summed E-state index contributed by atoms with van der Waals surface area (Å²) in [6, 6.07) is 6.87. The number of benzene rings is 1. The number of hydrogen-bond acceptors (Lipinski definition) is 4. The van der Waals surface area contributed by atoms with Gasteiger partial charge in [-0.05, 0) is 54.8 Å². The number of amidine groups is 1. The molecule has 0 radical (unpaired) electrons. The lowest BCUT2D eigenvalue weighted by Crippen LogP contribution is -2.33. The number of hydrogen-bond donors (Lipinski definition) is 1. The third kappa shape index (κ3) is 2.88. The summed E-state index contributed by atoms with van der Waals surface area (Å²) >= 11 is 1.43. The quantitative estimate of drug-likeness (QED) is 0.807. The summed E-state index contributed by atoms with van der Waals surface area (Å²) in [5.74, 6) is 0.0193. The molecule has 0 spiro atoms. The van der Waals surface area contributed by atoms with Crippen molar-refractivity contribution in [3.63, 3.8) is 0 Å². The van der Waals surface area contributed by atoms with Crippen molar-refractivity contribution in [1.82, 2.24) is 4.90 Å². The average molecular weight is 288 g/mol. The van der Waals surface area contributed by atoms with Crippen molar-refractivity contribution in [3.05, 3.63) is 34.7 Å². The van der Waals surface area contributed by atoms with Crippen LogP contribution in [0.4, 0.5) is 0 Å². The molecule has 2 aliphatic heterocycles. The predicted molar refractivity (Wildman–Crippen MR) is 81.5 cm³/mol. The minimum atomic E-state index is -0.182. The Kier molecular flexibility index (Phi) is 3.78. The molecule has 1 saturated heterocycles. The van der Waals surface area contributed by atoms with E-state index in [-0.39, 0.29) is 11.7 Å². The largest absolute Gasteiger partial charge is 0.508 e. The molecule has 2 aliphatic rings. The van der Waals surface area contributed by atoms with Crippen LogP contribution in [0, 0.1) is 0 Å². The molecular weight excluding hydrogens is 272 g/mol. The Labute approximate surface area is 122 Å². The number of phenols is 1. The summed E-state index contributed by atoms with van der Waals surface area (Å²) in [6.07, 6.45) is 5.38.